The summed E-state index contributed by atoms with van der Waals surface area (Å²) in [7, 11) is 0. The molecule has 0 bridgehead atoms. The van der Waals surface area contributed by atoms with E-state index >= 15 is 0 Å². The molecular weight excluding hydrogens is 154 g/mol. The van der Waals surface area contributed by atoms with Crippen molar-refractivity contribution in [2.75, 3.05) is 0 Å². The summed E-state index contributed by atoms with van der Waals surface area (Å²) in [4.78, 5) is 11.2. The highest BCUT2D eigenvalue weighted by molar-refractivity contribution is 5.84. The average molecular weight is 172 g/mol. The minimum Gasteiger partial charge on any atom is -0.393 e. The van der Waals surface area contributed by atoms with Crippen molar-refractivity contribution in [2.45, 2.75) is 38.8 Å². The SMILES string of the molecule is [CH2]C(O)CC(=O)[C@@H](N)[C@@H](C)CC. The molecule has 0 spiro atoms. The van der Waals surface area contributed by atoms with Crippen LogP contribution in [0.5, 0.6) is 0 Å². The Hall–Kier alpha value is -0.410. The molecule has 0 heterocycles. The Labute approximate surface area is 74.0 Å². The van der Waals surface area contributed by atoms with Gasteiger partial charge in [-0.15, -0.1) is 0 Å². The molecule has 1 unspecified atom stereocenters. The summed E-state index contributed by atoms with van der Waals surface area (Å²) in [6, 6.07) is -0.452. The van der Waals surface area contributed by atoms with Crippen LogP contribution in [0.1, 0.15) is 26.7 Å². The van der Waals surface area contributed by atoms with Crippen molar-refractivity contribution in [3.05, 3.63) is 6.92 Å². The van der Waals surface area contributed by atoms with Crippen LogP contribution in [-0.2, 0) is 4.79 Å². The molecule has 3 heteroatoms. The van der Waals surface area contributed by atoms with Crippen LogP contribution >= 0.6 is 0 Å². The second-order valence-electron chi connectivity index (χ2n) is 3.24. The zero-order chi connectivity index (χ0) is 9.72. The van der Waals surface area contributed by atoms with Gasteiger partial charge in [0.25, 0.3) is 0 Å². The number of aliphatic hydroxyl groups excluding tert-OH is 1. The molecule has 0 aliphatic carbocycles. The third kappa shape index (κ3) is 3.83. The molecule has 0 fully saturated rings. The average Bonchev–Trinajstić information content (AvgIpc) is 2.00. The van der Waals surface area contributed by atoms with E-state index in [1.54, 1.807) is 0 Å². The van der Waals surface area contributed by atoms with Gasteiger partial charge < -0.3 is 10.8 Å². The van der Waals surface area contributed by atoms with E-state index in [2.05, 4.69) is 6.92 Å². The van der Waals surface area contributed by atoms with Gasteiger partial charge in [0.15, 0.2) is 5.78 Å². The largest absolute Gasteiger partial charge is 0.393 e. The van der Waals surface area contributed by atoms with Crippen LogP contribution in [0, 0.1) is 12.8 Å². The van der Waals surface area contributed by atoms with Crippen LogP contribution < -0.4 is 5.73 Å². The molecule has 1 radical (unpaired) electrons. The Bertz CT molecular complexity index is 145. The van der Waals surface area contributed by atoms with Crippen LogP contribution in [0.4, 0.5) is 0 Å². The number of Topliss-reactive ketones (excluding diaryl/α,β-unsaturated/α-hetero) is 1. The van der Waals surface area contributed by atoms with Gasteiger partial charge in [-0.2, -0.15) is 0 Å². The maximum Gasteiger partial charge on any atom is 0.152 e. The van der Waals surface area contributed by atoms with Crippen molar-refractivity contribution < 1.29 is 9.90 Å². The van der Waals surface area contributed by atoms with Gasteiger partial charge in [-0.1, -0.05) is 20.3 Å². The zero-order valence-electron chi connectivity index (χ0n) is 7.79. The maximum atomic E-state index is 11.2. The summed E-state index contributed by atoms with van der Waals surface area (Å²) in [5.74, 6) is 0.0723. The fourth-order valence-corrected chi connectivity index (χ4v) is 0.940. The molecule has 0 rings (SSSR count). The summed E-state index contributed by atoms with van der Waals surface area (Å²) in [6.45, 7) is 7.24. The predicted octanol–water partition coefficient (Wildman–Crippen LogP) is 0.514. The van der Waals surface area contributed by atoms with Crippen molar-refractivity contribution in [3.63, 3.8) is 0 Å². The van der Waals surface area contributed by atoms with Crippen LogP contribution in [0.2, 0.25) is 0 Å². The highest BCUT2D eigenvalue weighted by atomic mass is 16.3. The Morgan fingerprint density at radius 1 is 1.67 bits per heavy atom. The normalized spacial score (nSPS) is 18.4. The van der Waals surface area contributed by atoms with E-state index in [0.717, 1.165) is 6.42 Å². The first-order valence-corrected chi connectivity index (χ1v) is 4.28. The quantitative estimate of drug-likeness (QED) is 0.635. The van der Waals surface area contributed by atoms with E-state index in [0.29, 0.717) is 0 Å². The Morgan fingerprint density at radius 2 is 2.17 bits per heavy atom. The van der Waals surface area contributed by atoms with Crippen molar-refractivity contribution >= 4 is 5.78 Å². The number of rotatable bonds is 5. The van der Waals surface area contributed by atoms with E-state index in [-0.39, 0.29) is 18.1 Å². The van der Waals surface area contributed by atoms with Gasteiger partial charge in [-0.3, -0.25) is 4.79 Å². The van der Waals surface area contributed by atoms with E-state index in [9.17, 15) is 4.79 Å². The van der Waals surface area contributed by atoms with Gasteiger partial charge in [0.05, 0.1) is 12.1 Å². The second kappa shape index (κ2) is 5.27. The fourth-order valence-electron chi connectivity index (χ4n) is 0.940. The van der Waals surface area contributed by atoms with Gasteiger partial charge in [0.1, 0.15) is 0 Å². The molecule has 0 amide bonds. The number of hydrogen-bond donors (Lipinski definition) is 2. The first kappa shape index (κ1) is 11.6. The smallest absolute Gasteiger partial charge is 0.152 e. The number of carbonyl (C=O) groups is 1. The van der Waals surface area contributed by atoms with E-state index in [1.165, 1.54) is 0 Å². The minimum absolute atomic E-state index is 0.0610. The molecule has 0 saturated carbocycles. The van der Waals surface area contributed by atoms with Gasteiger partial charge >= 0.3 is 0 Å². The zero-order valence-corrected chi connectivity index (χ0v) is 7.79. The third-order valence-electron chi connectivity index (χ3n) is 2.07. The Kier molecular flexibility index (Phi) is 5.09. The molecule has 0 aromatic carbocycles. The summed E-state index contributed by atoms with van der Waals surface area (Å²) < 4.78 is 0. The van der Waals surface area contributed by atoms with Crippen molar-refractivity contribution in [1.29, 1.82) is 0 Å². The molecule has 71 valence electrons. The van der Waals surface area contributed by atoms with E-state index < -0.39 is 12.1 Å². The van der Waals surface area contributed by atoms with Gasteiger partial charge in [-0.25, -0.2) is 0 Å². The first-order valence-electron chi connectivity index (χ1n) is 4.28. The number of ketones is 1. The van der Waals surface area contributed by atoms with Crippen molar-refractivity contribution in [2.24, 2.45) is 11.7 Å². The lowest BCUT2D eigenvalue weighted by atomic mass is 9.94. The van der Waals surface area contributed by atoms with Gasteiger partial charge in [-0.05, 0) is 12.8 Å². The number of aliphatic hydroxyl groups is 1. The van der Waals surface area contributed by atoms with Crippen LogP contribution in [0.25, 0.3) is 0 Å². The minimum atomic E-state index is -0.826. The molecular formula is C9H18NO2. The van der Waals surface area contributed by atoms with Crippen LogP contribution in [0.15, 0.2) is 0 Å². The fraction of sp³-hybridized carbons (Fsp3) is 0.778. The maximum absolute atomic E-state index is 11.2. The lowest BCUT2D eigenvalue weighted by Gasteiger charge is -2.17. The topological polar surface area (TPSA) is 63.3 Å². The van der Waals surface area contributed by atoms with Crippen molar-refractivity contribution in [3.8, 4) is 0 Å². The highest BCUT2D eigenvalue weighted by Crippen LogP contribution is 2.08. The van der Waals surface area contributed by atoms with Gasteiger partial charge in [0, 0.05) is 6.42 Å². The summed E-state index contributed by atoms with van der Waals surface area (Å²) in [5, 5.41) is 8.84. The predicted molar refractivity (Wildman–Crippen MR) is 48.4 cm³/mol. The van der Waals surface area contributed by atoms with Crippen molar-refractivity contribution in [1.82, 2.24) is 0 Å². The monoisotopic (exact) mass is 172 g/mol. The number of nitrogens with two attached hydrogens (primary N) is 1. The van der Waals surface area contributed by atoms with Crippen LogP contribution in [0.3, 0.4) is 0 Å². The molecule has 3 atom stereocenters. The molecule has 0 aromatic rings. The molecule has 0 saturated heterocycles. The molecule has 12 heavy (non-hydrogen) atoms. The number of carbonyl (C=O) groups excluding carboxylic acids is 1. The first-order chi connectivity index (χ1) is 5.49. The van der Waals surface area contributed by atoms with E-state index in [4.69, 9.17) is 10.8 Å². The van der Waals surface area contributed by atoms with Crippen LogP contribution in [-0.4, -0.2) is 23.0 Å². The lowest BCUT2D eigenvalue weighted by Crippen LogP contribution is -2.37. The summed E-state index contributed by atoms with van der Waals surface area (Å²) >= 11 is 0. The van der Waals surface area contributed by atoms with Gasteiger partial charge in [0.2, 0.25) is 0 Å². The summed E-state index contributed by atoms with van der Waals surface area (Å²) in [5.41, 5.74) is 5.63. The number of hydrogen-bond acceptors (Lipinski definition) is 3. The third-order valence-corrected chi connectivity index (χ3v) is 2.07. The molecule has 0 aromatic heterocycles. The lowest BCUT2D eigenvalue weighted by molar-refractivity contribution is -0.122. The van der Waals surface area contributed by atoms with E-state index in [1.807, 2.05) is 13.8 Å². The standard InChI is InChI=1S/C9H18NO2/c1-4-6(2)9(10)8(12)5-7(3)11/h6-7,9,11H,3-5,10H2,1-2H3/t6-,7?,9-/m0/s1. The molecule has 3 N–H and O–H groups in total. The highest BCUT2D eigenvalue weighted by Gasteiger charge is 2.20. The molecule has 0 aliphatic heterocycles. The second-order valence-corrected chi connectivity index (χ2v) is 3.24. The molecule has 0 aliphatic rings. The molecule has 3 nitrogen and oxygen atoms in total. The Balaban J connectivity index is 3.92. The Morgan fingerprint density at radius 3 is 2.50 bits per heavy atom. The summed E-state index contributed by atoms with van der Waals surface area (Å²) in [6.07, 6.45) is 0.110.